The summed E-state index contributed by atoms with van der Waals surface area (Å²) in [7, 11) is 3.13. The van der Waals surface area contributed by atoms with E-state index in [1.165, 1.54) is 18.3 Å². The quantitative estimate of drug-likeness (QED) is 0.680. The zero-order valence-electron chi connectivity index (χ0n) is 12.3. The largest absolute Gasteiger partial charge is 0.496 e. The molecular formula is C15H15FN2O3S. The summed E-state index contributed by atoms with van der Waals surface area (Å²) in [5.74, 6) is 0.848. The van der Waals surface area contributed by atoms with E-state index >= 15 is 0 Å². The van der Waals surface area contributed by atoms with Crippen LogP contribution in [0.25, 0.3) is 0 Å². The molecule has 0 fully saturated rings. The van der Waals surface area contributed by atoms with Crippen LogP contribution in [-0.2, 0) is 0 Å². The van der Waals surface area contributed by atoms with Gasteiger partial charge >= 0.3 is 0 Å². The highest BCUT2D eigenvalue weighted by Crippen LogP contribution is 2.30. The Bertz CT molecular complexity index is 713. The molecule has 1 aromatic carbocycles. The topological polar surface area (TPSA) is 59.9 Å². The predicted octanol–water partition coefficient (Wildman–Crippen LogP) is 2.98. The lowest BCUT2D eigenvalue weighted by atomic mass is 10.1. The van der Waals surface area contributed by atoms with Crippen molar-refractivity contribution in [2.75, 3.05) is 14.2 Å². The van der Waals surface area contributed by atoms with Crippen LogP contribution in [0.5, 0.6) is 11.5 Å². The number of methoxy groups -OCH3 is 2. The van der Waals surface area contributed by atoms with Crippen molar-refractivity contribution in [1.29, 1.82) is 0 Å². The van der Waals surface area contributed by atoms with E-state index in [0.717, 1.165) is 16.9 Å². The normalized spacial score (nSPS) is 10.7. The summed E-state index contributed by atoms with van der Waals surface area (Å²) in [6.45, 7) is 1.86. The summed E-state index contributed by atoms with van der Waals surface area (Å²) in [5.41, 5.74) is 3.87. The minimum atomic E-state index is -0.464. The summed E-state index contributed by atoms with van der Waals surface area (Å²) >= 11 is 0.763. The second-order valence-electron chi connectivity index (χ2n) is 4.32. The van der Waals surface area contributed by atoms with Crippen molar-refractivity contribution in [2.45, 2.75) is 6.92 Å². The first-order chi connectivity index (χ1) is 10.6. The van der Waals surface area contributed by atoms with Crippen molar-refractivity contribution in [3.05, 3.63) is 45.4 Å². The number of carbonyl (C=O) groups is 1. The van der Waals surface area contributed by atoms with Crippen molar-refractivity contribution in [2.24, 2.45) is 5.10 Å². The molecular weight excluding hydrogens is 307 g/mol. The molecule has 2 rings (SSSR count). The zero-order chi connectivity index (χ0) is 16.1. The number of hydrogen-bond donors (Lipinski definition) is 1. The third-order valence-electron chi connectivity index (χ3n) is 2.98. The summed E-state index contributed by atoms with van der Waals surface area (Å²) in [5, 5.41) is 3.46. The number of benzene rings is 1. The highest BCUT2D eigenvalue weighted by Gasteiger charge is 2.10. The third-order valence-corrected chi connectivity index (χ3v) is 3.85. The van der Waals surface area contributed by atoms with Gasteiger partial charge in [0, 0.05) is 11.1 Å². The molecule has 1 heterocycles. The van der Waals surface area contributed by atoms with Crippen LogP contribution in [0, 0.1) is 12.1 Å². The number of ether oxygens (including phenoxy) is 2. The van der Waals surface area contributed by atoms with Crippen molar-refractivity contribution >= 4 is 23.5 Å². The van der Waals surface area contributed by atoms with Gasteiger partial charge in [-0.2, -0.15) is 9.49 Å². The average molecular weight is 322 g/mol. The first-order valence-corrected chi connectivity index (χ1v) is 7.18. The molecule has 22 heavy (non-hydrogen) atoms. The number of nitrogens with zero attached hydrogens (tertiary/aromatic N) is 1. The summed E-state index contributed by atoms with van der Waals surface area (Å²) in [6.07, 6.45) is 1.47. The van der Waals surface area contributed by atoms with Gasteiger partial charge in [0.15, 0.2) is 5.13 Å². The van der Waals surface area contributed by atoms with Gasteiger partial charge < -0.3 is 9.47 Å². The van der Waals surface area contributed by atoms with Gasteiger partial charge in [-0.1, -0.05) is 0 Å². The van der Waals surface area contributed by atoms with Crippen LogP contribution < -0.4 is 14.9 Å². The van der Waals surface area contributed by atoms with Gasteiger partial charge in [0.1, 0.15) is 11.5 Å². The highest BCUT2D eigenvalue weighted by atomic mass is 32.1. The van der Waals surface area contributed by atoms with E-state index in [0.29, 0.717) is 17.1 Å². The Morgan fingerprint density at radius 2 is 2.05 bits per heavy atom. The Hall–Kier alpha value is -2.41. The maximum absolute atomic E-state index is 12.9. The summed E-state index contributed by atoms with van der Waals surface area (Å²) in [6, 6.07) is 6.20. The molecule has 0 saturated carbocycles. The lowest BCUT2D eigenvalue weighted by Crippen LogP contribution is -2.16. The van der Waals surface area contributed by atoms with Gasteiger partial charge in [0.05, 0.1) is 25.3 Å². The fourth-order valence-corrected chi connectivity index (χ4v) is 2.56. The summed E-state index contributed by atoms with van der Waals surface area (Å²) < 4.78 is 23.4. The molecule has 1 N–H and O–H groups in total. The van der Waals surface area contributed by atoms with Crippen LogP contribution in [0.15, 0.2) is 29.4 Å². The monoisotopic (exact) mass is 322 g/mol. The molecule has 0 saturated heterocycles. The average Bonchev–Trinajstić information content (AvgIpc) is 2.94. The van der Waals surface area contributed by atoms with Crippen molar-refractivity contribution in [3.63, 3.8) is 0 Å². The van der Waals surface area contributed by atoms with Gasteiger partial charge in [-0.15, -0.1) is 11.3 Å². The van der Waals surface area contributed by atoms with Crippen LogP contribution in [0.3, 0.4) is 0 Å². The molecule has 0 unspecified atom stereocenters. The molecule has 0 aliphatic heterocycles. The Morgan fingerprint density at radius 1 is 1.27 bits per heavy atom. The zero-order valence-corrected chi connectivity index (χ0v) is 13.2. The van der Waals surface area contributed by atoms with E-state index in [-0.39, 0.29) is 4.88 Å². The second-order valence-corrected chi connectivity index (χ2v) is 5.35. The molecule has 7 heteroatoms. The molecule has 2 aromatic rings. The number of thiophene rings is 1. The Labute approximate surface area is 131 Å². The lowest BCUT2D eigenvalue weighted by molar-refractivity contribution is 0.0959. The molecule has 1 amide bonds. The number of rotatable bonds is 5. The van der Waals surface area contributed by atoms with Crippen molar-refractivity contribution < 1.29 is 18.7 Å². The number of halogens is 1. The lowest BCUT2D eigenvalue weighted by Gasteiger charge is -2.11. The Morgan fingerprint density at radius 3 is 2.64 bits per heavy atom. The third kappa shape index (κ3) is 3.43. The molecule has 0 aliphatic rings. The number of nitrogens with one attached hydrogen (secondary N) is 1. The molecule has 0 radical (unpaired) electrons. The fourth-order valence-electron chi connectivity index (χ4n) is 1.94. The Balaban J connectivity index is 2.13. The first-order valence-electron chi connectivity index (χ1n) is 6.37. The fraction of sp³-hybridized carbons (Fsp3) is 0.200. The minimum absolute atomic E-state index is 0.257. The van der Waals surface area contributed by atoms with Crippen LogP contribution in [0.1, 0.15) is 20.8 Å². The Kier molecular flexibility index (Phi) is 5.11. The van der Waals surface area contributed by atoms with Crippen molar-refractivity contribution in [3.8, 4) is 11.5 Å². The van der Waals surface area contributed by atoms with Crippen LogP contribution in [-0.4, -0.2) is 26.3 Å². The number of hydrogen-bond acceptors (Lipinski definition) is 5. The van der Waals surface area contributed by atoms with Gasteiger partial charge in [-0.05, 0) is 31.2 Å². The van der Waals surface area contributed by atoms with Gasteiger partial charge in [0.2, 0.25) is 0 Å². The number of amides is 1. The van der Waals surface area contributed by atoms with E-state index < -0.39 is 11.0 Å². The standard InChI is InChI=1S/C15H15FN2O3S/c1-9-11(20-2)5-4-10(14(9)21-3)8-17-18-15(19)12-6-7-13(16)22-12/h4-8H,1-3H3,(H,18,19)/b17-8+. The van der Waals surface area contributed by atoms with Gasteiger partial charge in [-0.3, -0.25) is 4.79 Å². The maximum atomic E-state index is 12.9. The minimum Gasteiger partial charge on any atom is -0.496 e. The van der Waals surface area contributed by atoms with E-state index in [2.05, 4.69) is 10.5 Å². The highest BCUT2D eigenvalue weighted by molar-refractivity contribution is 7.12. The first kappa shape index (κ1) is 16.0. The van der Waals surface area contributed by atoms with E-state index in [9.17, 15) is 9.18 Å². The molecule has 0 spiro atoms. The van der Waals surface area contributed by atoms with E-state index in [1.807, 2.05) is 6.92 Å². The van der Waals surface area contributed by atoms with E-state index in [1.54, 1.807) is 26.4 Å². The van der Waals surface area contributed by atoms with Crippen LogP contribution in [0.2, 0.25) is 0 Å². The maximum Gasteiger partial charge on any atom is 0.281 e. The predicted molar refractivity (Wildman–Crippen MR) is 83.6 cm³/mol. The van der Waals surface area contributed by atoms with E-state index in [4.69, 9.17) is 9.47 Å². The molecule has 0 atom stereocenters. The smallest absolute Gasteiger partial charge is 0.281 e. The summed E-state index contributed by atoms with van der Waals surface area (Å²) in [4.78, 5) is 12.0. The van der Waals surface area contributed by atoms with Gasteiger partial charge in [0.25, 0.3) is 5.91 Å². The van der Waals surface area contributed by atoms with Crippen molar-refractivity contribution in [1.82, 2.24) is 5.43 Å². The second kappa shape index (κ2) is 7.04. The molecule has 116 valence electrons. The molecule has 0 aliphatic carbocycles. The van der Waals surface area contributed by atoms with Gasteiger partial charge in [-0.25, -0.2) is 5.43 Å². The molecule has 1 aromatic heterocycles. The van der Waals surface area contributed by atoms with Crippen LogP contribution >= 0.6 is 11.3 Å². The molecule has 0 bridgehead atoms. The number of carbonyl (C=O) groups excluding carboxylic acids is 1. The molecule has 5 nitrogen and oxygen atoms in total. The SMILES string of the molecule is COc1ccc(/C=N/NC(=O)c2ccc(F)s2)c(OC)c1C. The van der Waals surface area contributed by atoms with Crippen LogP contribution in [0.4, 0.5) is 4.39 Å². The number of hydrazone groups is 1.